The maximum absolute atomic E-state index is 9.94. The van der Waals surface area contributed by atoms with Crippen molar-refractivity contribution in [3.63, 3.8) is 0 Å². The zero-order chi connectivity index (χ0) is 7.28. The van der Waals surface area contributed by atoms with Crippen molar-refractivity contribution < 1.29 is 9.90 Å². The number of halogens is 1. The van der Waals surface area contributed by atoms with Crippen LogP contribution in [0.5, 0.6) is 0 Å². The van der Waals surface area contributed by atoms with Crippen LogP contribution in [0.15, 0.2) is 22.5 Å². The summed E-state index contributed by atoms with van der Waals surface area (Å²) in [5.41, 5.74) is 0. The van der Waals surface area contributed by atoms with Gasteiger partial charge in [0, 0.05) is 11.8 Å². The first-order valence-electron chi connectivity index (χ1n) is 2.06. The van der Waals surface area contributed by atoms with Crippen molar-refractivity contribution in [1.29, 1.82) is 0 Å². The average Bonchev–Trinajstić information content (AvgIpc) is 1.63. The Morgan fingerprint density at radius 1 is 1.78 bits per heavy atom. The van der Waals surface area contributed by atoms with Crippen LogP contribution >= 0.6 is 27.7 Å². The molecule has 2 nitrogen and oxygen atoms in total. The summed E-state index contributed by atoms with van der Waals surface area (Å²) < 4.78 is 0.546. The lowest BCUT2D eigenvalue weighted by atomic mass is 10.6. The van der Waals surface area contributed by atoms with Crippen molar-refractivity contribution >= 4 is 33.0 Å². The first kappa shape index (κ1) is 8.78. The Bertz CT molecular complexity index is 153. The first-order chi connectivity index (χ1) is 4.16. The molecule has 0 aliphatic heterocycles. The van der Waals surface area contributed by atoms with Crippen molar-refractivity contribution in [2.75, 3.05) is 0 Å². The van der Waals surface area contributed by atoms with E-state index in [1.165, 1.54) is 6.08 Å². The first-order valence-corrected chi connectivity index (χ1v) is 3.66. The summed E-state index contributed by atoms with van der Waals surface area (Å²) in [5.74, 6) is 0. The fourth-order valence-electron chi connectivity index (χ4n) is 0.210. The minimum Gasteiger partial charge on any atom is -0.473 e. The van der Waals surface area contributed by atoms with E-state index >= 15 is 0 Å². The Hall–Kier alpha value is -0.220. The van der Waals surface area contributed by atoms with E-state index in [-0.39, 0.29) is 0 Å². The Morgan fingerprint density at radius 2 is 2.33 bits per heavy atom. The predicted octanol–water partition coefficient (Wildman–Crippen LogP) is 2.82. The minimum absolute atomic E-state index is 0.546. The van der Waals surface area contributed by atoms with Gasteiger partial charge >= 0.3 is 5.30 Å². The van der Waals surface area contributed by atoms with E-state index in [1.807, 2.05) is 0 Å². The molecule has 4 heteroatoms. The van der Waals surface area contributed by atoms with Crippen LogP contribution in [0.2, 0.25) is 0 Å². The molecule has 0 aromatic rings. The van der Waals surface area contributed by atoms with Crippen molar-refractivity contribution in [2.45, 2.75) is 0 Å². The van der Waals surface area contributed by atoms with Gasteiger partial charge in [0.05, 0.1) is 3.81 Å². The Labute approximate surface area is 65.8 Å². The van der Waals surface area contributed by atoms with Gasteiger partial charge in [-0.2, -0.15) is 0 Å². The van der Waals surface area contributed by atoms with Gasteiger partial charge in [-0.15, -0.1) is 0 Å². The molecule has 0 amide bonds. The summed E-state index contributed by atoms with van der Waals surface area (Å²) in [6, 6.07) is 0. The van der Waals surface area contributed by atoms with Crippen LogP contribution in [0.25, 0.3) is 0 Å². The molecule has 0 rings (SSSR count). The SMILES string of the molecule is C=C/C=C(/Br)SC(=O)O. The Kier molecular flexibility index (Phi) is 4.53. The van der Waals surface area contributed by atoms with Crippen LogP contribution in [-0.2, 0) is 0 Å². The summed E-state index contributed by atoms with van der Waals surface area (Å²) in [7, 11) is 0. The maximum atomic E-state index is 9.94. The van der Waals surface area contributed by atoms with Gasteiger partial charge < -0.3 is 5.11 Å². The number of thioether (sulfide) groups is 1. The Balaban J connectivity index is 3.75. The molecule has 0 atom stereocenters. The van der Waals surface area contributed by atoms with Gasteiger partial charge in [-0.05, 0) is 22.0 Å². The molecule has 0 aromatic carbocycles. The fourth-order valence-corrected chi connectivity index (χ4v) is 1.14. The second-order valence-electron chi connectivity index (χ2n) is 1.07. The molecule has 0 heterocycles. The molecule has 0 fully saturated rings. The lowest BCUT2D eigenvalue weighted by Gasteiger charge is -1.87. The monoisotopic (exact) mass is 208 g/mol. The van der Waals surface area contributed by atoms with Gasteiger partial charge in [0.25, 0.3) is 0 Å². The molecule has 0 saturated heterocycles. The average molecular weight is 209 g/mol. The second kappa shape index (κ2) is 4.64. The van der Waals surface area contributed by atoms with E-state index in [1.54, 1.807) is 6.08 Å². The van der Waals surface area contributed by atoms with Crippen molar-refractivity contribution in [3.8, 4) is 0 Å². The number of hydrogen-bond acceptors (Lipinski definition) is 2. The molecule has 0 radical (unpaired) electrons. The van der Waals surface area contributed by atoms with Crippen LogP contribution in [0.3, 0.4) is 0 Å². The third-order valence-electron chi connectivity index (χ3n) is 0.434. The molecular weight excluding hydrogens is 204 g/mol. The molecule has 0 saturated carbocycles. The van der Waals surface area contributed by atoms with E-state index < -0.39 is 5.30 Å². The van der Waals surface area contributed by atoms with Crippen molar-refractivity contribution in [2.24, 2.45) is 0 Å². The van der Waals surface area contributed by atoms with Crippen LogP contribution < -0.4 is 0 Å². The lowest BCUT2D eigenvalue weighted by molar-refractivity contribution is 0.222. The van der Waals surface area contributed by atoms with Gasteiger partial charge in [-0.25, -0.2) is 4.79 Å². The highest BCUT2D eigenvalue weighted by Crippen LogP contribution is 2.21. The highest BCUT2D eigenvalue weighted by molar-refractivity contribution is 9.14. The smallest absolute Gasteiger partial charge is 0.370 e. The summed E-state index contributed by atoms with van der Waals surface area (Å²) in [6.07, 6.45) is 3.08. The number of carboxylic acid groups (broad SMARTS) is 1. The third-order valence-corrected chi connectivity index (χ3v) is 1.69. The minimum atomic E-state index is -0.931. The van der Waals surface area contributed by atoms with Gasteiger partial charge in [-0.3, -0.25) is 0 Å². The standard InChI is InChI=1S/C5H5BrO2S/c1-2-3-4(6)9-5(7)8/h2-3H,1H2,(H,7,8)/b4-3-. The molecule has 0 bridgehead atoms. The normalized spacial score (nSPS) is 11.0. The third kappa shape index (κ3) is 5.65. The van der Waals surface area contributed by atoms with Crippen LogP contribution in [0.4, 0.5) is 4.79 Å². The zero-order valence-corrected chi connectivity index (χ0v) is 6.91. The van der Waals surface area contributed by atoms with Crippen molar-refractivity contribution in [3.05, 3.63) is 22.5 Å². The summed E-state index contributed by atoms with van der Waals surface area (Å²) in [6.45, 7) is 3.40. The highest BCUT2D eigenvalue weighted by atomic mass is 79.9. The summed E-state index contributed by atoms with van der Waals surface area (Å²) in [5, 5.41) is 7.24. The predicted molar refractivity (Wildman–Crippen MR) is 42.8 cm³/mol. The van der Waals surface area contributed by atoms with Gasteiger partial charge in [0.2, 0.25) is 0 Å². The molecule has 0 spiro atoms. The molecule has 0 aliphatic rings. The van der Waals surface area contributed by atoms with E-state index in [4.69, 9.17) is 5.11 Å². The number of carbonyl (C=O) groups is 1. The fraction of sp³-hybridized carbons (Fsp3) is 0. The Morgan fingerprint density at radius 3 is 2.67 bits per heavy atom. The van der Waals surface area contributed by atoms with Crippen LogP contribution in [0, 0.1) is 0 Å². The zero-order valence-electron chi connectivity index (χ0n) is 4.50. The van der Waals surface area contributed by atoms with E-state index in [9.17, 15) is 4.79 Å². The molecule has 0 aliphatic carbocycles. The summed E-state index contributed by atoms with van der Waals surface area (Å²) >= 11 is 3.71. The van der Waals surface area contributed by atoms with Crippen LogP contribution in [0.1, 0.15) is 0 Å². The van der Waals surface area contributed by atoms with Gasteiger partial charge in [0.1, 0.15) is 0 Å². The van der Waals surface area contributed by atoms with Gasteiger partial charge in [0.15, 0.2) is 0 Å². The maximum Gasteiger partial charge on any atom is 0.370 e. The molecule has 0 aromatic heterocycles. The van der Waals surface area contributed by atoms with E-state index in [0.717, 1.165) is 0 Å². The topological polar surface area (TPSA) is 37.3 Å². The number of allylic oxidation sites excluding steroid dienone is 2. The van der Waals surface area contributed by atoms with E-state index in [0.29, 0.717) is 15.6 Å². The van der Waals surface area contributed by atoms with Crippen molar-refractivity contribution in [1.82, 2.24) is 0 Å². The number of rotatable bonds is 2. The second-order valence-corrected chi connectivity index (χ2v) is 3.45. The summed E-state index contributed by atoms with van der Waals surface area (Å²) in [4.78, 5) is 9.94. The quantitative estimate of drug-likeness (QED) is 0.710. The molecule has 1 N–H and O–H groups in total. The number of hydrogen-bond donors (Lipinski definition) is 1. The molecule has 0 unspecified atom stereocenters. The van der Waals surface area contributed by atoms with E-state index in [2.05, 4.69) is 22.5 Å². The lowest BCUT2D eigenvalue weighted by Crippen LogP contribution is -1.79. The highest BCUT2D eigenvalue weighted by Gasteiger charge is 1.97. The largest absolute Gasteiger partial charge is 0.473 e. The van der Waals surface area contributed by atoms with Gasteiger partial charge in [-0.1, -0.05) is 12.7 Å². The molecule has 9 heavy (non-hydrogen) atoms. The van der Waals surface area contributed by atoms with Crippen LogP contribution in [-0.4, -0.2) is 10.4 Å². The molecule has 50 valence electrons. The molecular formula is C5H5BrO2S.